The molecule has 25 heavy (non-hydrogen) atoms. The van der Waals surface area contributed by atoms with Gasteiger partial charge in [0.05, 0.1) is 4.90 Å². The van der Waals surface area contributed by atoms with Gasteiger partial charge in [0.1, 0.15) is 0 Å². The van der Waals surface area contributed by atoms with Crippen molar-refractivity contribution in [2.75, 3.05) is 13.2 Å². The van der Waals surface area contributed by atoms with Crippen LogP contribution in [0.15, 0.2) is 53.6 Å². The van der Waals surface area contributed by atoms with Crippen LogP contribution in [0.4, 0.5) is 0 Å². The first-order valence-electron chi connectivity index (χ1n) is 7.94. The van der Waals surface area contributed by atoms with E-state index < -0.39 is 10.0 Å². The lowest BCUT2D eigenvalue weighted by Crippen LogP contribution is -2.25. The van der Waals surface area contributed by atoms with Gasteiger partial charge in [-0.2, -0.15) is 0 Å². The Hall–Kier alpha value is -1.86. The number of aromatic amines is 1. The van der Waals surface area contributed by atoms with Crippen LogP contribution in [0, 0.1) is 0 Å². The van der Waals surface area contributed by atoms with E-state index in [9.17, 15) is 8.42 Å². The SMILES string of the molecule is O=S(=O)(NCCc1ccc2[nH]cc(CCO)c2c1)c1ccc(Cl)cc1. The highest BCUT2D eigenvalue weighted by molar-refractivity contribution is 7.89. The maximum absolute atomic E-state index is 12.3. The minimum Gasteiger partial charge on any atom is -0.396 e. The molecule has 1 heterocycles. The van der Waals surface area contributed by atoms with Gasteiger partial charge < -0.3 is 10.1 Å². The molecule has 2 aromatic carbocycles. The predicted molar refractivity (Wildman–Crippen MR) is 99.4 cm³/mol. The molecule has 0 spiro atoms. The highest BCUT2D eigenvalue weighted by Crippen LogP contribution is 2.20. The van der Waals surface area contributed by atoms with Crippen molar-refractivity contribution in [3.05, 3.63) is 64.8 Å². The molecule has 0 saturated carbocycles. The van der Waals surface area contributed by atoms with Crippen LogP contribution in [-0.2, 0) is 22.9 Å². The summed E-state index contributed by atoms with van der Waals surface area (Å²) < 4.78 is 27.1. The zero-order valence-electron chi connectivity index (χ0n) is 13.5. The number of fused-ring (bicyclic) bond motifs is 1. The number of benzene rings is 2. The first-order valence-corrected chi connectivity index (χ1v) is 9.81. The summed E-state index contributed by atoms with van der Waals surface area (Å²) in [5.74, 6) is 0. The topological polar surface area (TPSA) is 82.2 Å². The molecule has 0 unspecified atom stereocenters. The first kappa shape index (κ1) is 17.9. The van der Waals surface area contributed by atoms with E-state index in [-0.39, 0.29) is 11.5 Å². The van der Waals surface area contributed by atoms with Crippen molar-refractivity contribution in [3.63, 3.8) is 0 Å². The van der Waals surface area contributed by atoms with Crippen LogP contribution in [0.5, 0.6) is 0 Å². The second kappa shape index (κ2) is 7.58. The van der Waals surface area contributed by atoms with Gasteiger partial charge in [-0.25, -0.2) is 13.1 Å². The molecule has 0 fully saturated rings. The molecule has 1 aromatic heterocycles. The van der Waals surface area contributed by atoms with E-state index in [2.05, 4.69) is 9.71 Å². The molecule has 0 aliphatic carbocycles. The Balaban J connectivity index is 1.68. The van der Waals surface area contributed by atoms with Gasteiger partial charge in [-0.1, -0.05) is 17.7 Å². The summed E-state index contributed by atoms with van der Waals surface area (Å²) in [5, 5.41) is 10.7. The lowest BCUT2D eigenvalue weighted by molar-refractivity contribution is 0.300. The maximum Gasteiger partial charge on any atom is 0.240 e. The number of aliphatic hydroxyl groups excluding tert-OH is 1. The second-order valence-corrected chi connectivity index (χ2v) is 7.97. The summed E-state index contributed by atoms with van der Waals surface area (Å²) in [6.07, 6.45) is 3.06. The van der Waals surface area contributed by atoms with Gasteiger partial charge in [0.2, 0.25) is 10.0 Å². The average molecular weight is 379 g/mol. The molecule has 132 valence electrons. The van der Waals surface area contributed by atoms with E-state index in [1.54, 1.807) is 12.1 Å². The van der Waals surface area contributed by atoms with Crippen molar-refractivity contribution in [2.24, 2.45) is 0 Å². The van der Waals surface area contributed by atoms with E-state index in [4.69, 9.17) is 16.7 Å². The van der Waals surface area contributed by atoms with Crippen LogP contribution in [0.1, 0.15) is 11.1 Å². The second-order valence-electron chi connectivity index (χ2n) is 5.77. The van der Waals surface area contributed by atoms with Gasteiger partial charge in [-0.3, -0.25) is 0 Å². The summed E-state index contributed by atoms with van der Waals surface area (Å²) in [7, 11) is -3.54. The summed E-state index contributed by atoms with van der Waals surface area (Å²) in [6.45, 7) is 0.397. The molecule has 0 aliphatic rings. The van der Waals surface area contributed by atoms with Crippen LogP contribution < -0.4 is 4.72 Å². The number of aromatic nitrogens is 1. The molecular formula is C18H19ClN2O3S. The van der Waals surface area contributed by atoms with Crippen molar-refractivity contribution in [2.45, 2.75) is 17.7 Å². The molecule has 3 N–H and O–H groups in total. The fourth-order valence-electron chi connectivity index (χ4n) is 2.74. The highest BCUT2D eigenvalue weighted by Gasteiger charge is 2.13. The molecule has 0 saturated heterocycles. The van der Waals surface area contributed by atoms with Gasteiger partial charge in [-0.05, 0) is 60.4 Å². The third-order valence-electron chi connectivity index (χ3n) is 4.04. The number of hydrogen-bond donors (Lipinski definition) is 3. The zero-order chi connectivity index (χ0) is 17.9. The highest BCUT2D eigenvalue weighted by atomic mass is 35.5. The van der Waals surface area contributed by atoms with Crippen molar-refractivity contribution < 1.29 is 13.5 Å². The maximum atomic E-state index is 12.3. The van der Waals surface area contributed by atoms with Crippen LogP contribution in [0.3, 0.4) is 0 Å². The van der Waals surface area contributed by atoms with Crippen molar-refractivity contribution in [1.29, 1.82) is 0 Å². The Morgan fingerprint density at radius 1 is 1.08 bits per heavy atom. The molecule has 0 amide bonds. The monoisotopic (exact) mass is 378 g/mol. The Bertz CT molecular complexity index is 966. The van der Waals surface area contributed by atoms with E-state index >= 15 is 0 Å². The number of halogens is 1. The van der Waals surface area contributed by atoms with E-state index in [0.29, 0.717) is 24.4 Å². The molecule has 7 heteroatoms. The smallest absolute Gasteiger partial charge is 0.240 e. The number of nitrogens with one attached hydrogen (secondary N) is 2. The number of H-pyrrole nitrogens is 1. The normalized spacial score (nSPS) is 11.9. The predicted octanol–water partition coefficient (Wildman–Crippen LogP) is 2.88. The van der Waals surface area contributed by atoms with Gasteiger partial charge >= 0.3 is 0 Å². The molecule has 3 rings (SSSR count). The van der Waals surface area contributed by atoms with Crippen molar-refractivity contribution >= 4 is 32.5 Å². The number of hydrogen-bond acceptors (Lipinski definition) is 3. The minimum atomic E-state index is -3.54. The van der Waals surface area contributed by atoms with Crippen LogP contribution in [-0.4, -0.2) is 31.7 Å². The fourth-order valence-corrected chi connectivity index (χ4v) is 3.89. The standard InChI is InChI=1S/C18H19ClN2O3S/c19-15-2-4-16(5-3-15)25(23,24)21-9-7-13-1-6-18-17(11-13)14(8-10-22)12-20-18/h1-6,11-12,20-22H,7-10H2. The lowest BCUT2D eigenvalue weighted by Gasteiger charge is -2.07. The first-order chi connectivity index (χ1) is 12.0. The summed E-state index contributed by atoms with van der Waals surface area (Å²) in [4.78, 5) is 3.37. The Kier molecular flexibility index (Phi) is 5.44. The van der Waals surface area contributed by atoms with E-state index in [0.717, 1.165) is 22.0 Å². The quantitative estimate of drug-likeness (QED) is 0.591. The zero-order valence-corrected chi connectivity index (χ0v) is 15.1. The molecule has 3 aromatic rings. The Morgan fingerprint density at radius 2 is 1.84 bits per heavy atom. The number of rotatable bonds is 7. The Morgan fingerprint density at radius 3 is 2.56 bits per heavy atom. The number of aliphatic hydroxyl groups is 1. The van der Waals surface area contributed by atoms with Crippen LogP contribution >= 0.6 is 11.6 Å². The number of sulfonamides is 1. The largest absolute Gasteiger partial charge is 0.396 e. The molecule has 0 aliphatic heterocycles. The fraction of sp³-hybridized carbons (Fsp3) is 0.222. The third-order valence-corrected chi connectivity index (χ3v) is 5.77. The molecule has 5 nitrogen and oxygen atoms in total. The van der Waals surface area contributed by atoms with Gasteiger partial charge in [0.25, 0.3) is 0 Å². The molecule has 0 atom stereocenters. The Labute approximate surface area is 151 Å². The molecule has 0 bridgehead atoms. The summed E-state index contributed by atoms with van der Waals surface area (Å²) in [6, 6.07) is 12.1. The third kappa shape index (κ3) is 4.22. The lowest BCUT2D eigenvalue weighted by atomic mass is 10.1. The van der Waals surface area contributed by atoms with Gasteiger partial charge in [-0.15, -0.1) is 0 Å². The summed E-state index contributed by atoms with van der Waals surface area (Å²) >= 11 is 5.79. The minimum absolute atomic E-state index is 0.0953. The molecular weight excluding hydrogens is 360 g/mol. The van der Waals surface area contributed by atoms with Crippen LogP contribution in [0.2, 0.25) is 5.02 Å². The summed E-state index contributed by atoms with van der Waals surface area (Å²) in [5.41, 5.74) is 3.10. The van der Waals surface area contributed by atoms with Gasteiger partial charge in [0, 0.05) is 35.3 Å². The average Bonchev–Trinajstić information content (AvgIpc) is 2.98. The van der Waals surface area contributed by atoms with E-state index in [1.807, 2.05) is 24.4 Å². The van der Waals surface area contributed by atoms with Crippen LogP contribution in [0.25, 0.3) is 10.9 Å². The van der Waals surface area contributed by atoms with E-state index in [1.165, 1.54) is 12.1 Å². The molecule has 0 radical (unpaired) electrons. The van der Waals surface area contributed by atoms with Crippen molar-refractivity contribution in [1.82, 2.24) is 9.71 Å². The van der Waals surface area contributed by atoms with Crippen molar-refractivity contribution in [3.8, 4) is 0 Å². The van der Waals surface area contributed by atoms with Gasteiger partial charge in [0.15, 0.2) is 0 Å².